The predicted octanol–water partition coefficient (Wildman–Crippen LogP) is 3.61. The number of hydrogen-bond donors (Lipinski definition) is 2. The van der Waals surface area contributed by atoms with Gasteiger partial charge < -0.3 is 11.1 Å². The lowest BCUT2D eigenvalue weighted by Gasteiger charge is -2.08. The van der Waals surface area contributed by atoms with Crippen LogP contribution in [0.4, 0.5) is 20.5 Å². The Morgan fingerprint density at radius 2 is 2.20 bits per heavy atom. The molecule has 10 heteroatoms. The Labute approximate surface area is 172 Å². The second-order valence-electron chi connectivity index (χ2n) is 6.54. The van der Waals surface area contributed by atoms with Crippen molar-refractivity contribution in [1.82, 2.24) is 24.7 Å². The topological polar surface area (TPSA) is 118 Å². The summed E-state index contributed by atoms with van der Waals surface area (Å²) in [6.07, 6.45) is 2.33. The number of alkyl halides is 2. The summed E-state index contributed by atoms with van der Waals surface area (Å²) in [5.74, 6) is 0.652. The molecule has 0 radical (unpaired) electrons. The van der Waals surface area contributed by atoms with E-state index in [9.17, 15) is 8.78 Å². The van der Waals surface area contributed by atoms with E-state index in [2.05, 4.69) is 31.9 Å². The molecule has 0 aliphatic heterocycles. The molecule has 0 aliphatic rings. The first-order chi connectivity index (χ1) is 14.4. The van der Waals surface area contributed by atoms with Gasteiger partial charge in [0.15, 0.2) is 0 Å². The first kappa shape index (κ1) is 20.9. The molecule has 0 spiro atoms. The van der Waals surface area contributed by atoms with Gasteiger partial charge in [-0.3, -0.25) is 4.68 Å². The molecule has 3 aromatic heterocycles. The fourth-order valence-corrected chi connectivity index (χ4v) is 2.83. The van der Waals surface area contributed by atoms with Crippen molar-refractivity contribution in [3.05, 3.63) is 42.9 Å². The van der Waals surface area contributed by atoms with Gasteiger partial charge in [-0.15, -0.1) is 0 Å². The van der Waals surface area contributed by atoms with Crippen LogP contribution >= 0.6 is 0 Å². The summed E-state index contributed by atoms with van der Waals surface area (Å²) in [7, 11) is 0. The number of nitrogens with one attached hydrogen (secondary N) is 1. The highest BCUT2D eigenvalue weighted by Gasteiger charge is 2.18. The molecule has 0 saturated heterocycles. The van der Waals surface area contributed by atoms with Gasteiger partial charge >= 0.3 is 0 Å². The maximum absolute atomic E-state index is 13.0. The van der Waals surface area contributed by atoms with Gasteiger partial charge in [0.25, 0.3) is 6.43 Å². The molecule has 0 aromatic carbocycles. The summed E-state index contributed by atoms with van der Waals surface area (Å²) < 4.78 is 27.1. The van der Waals surface area contributed by atoms with E-state index in [0.29, 0.717) is 52.8 Å². The van der Waals surface area contributed by atoms with Crippen molar-refractivity contribution in [3.8, 4) is 28.6 Å². The van der Waals surface area contributed by atoms with E-state index in [1.165, 1.54) is 17.1 Å². The molecular weight excluding hydrogens is 390 g/mol. The summed E-state index contributed by atoms with van der Waals surface area (Å²) in [6, 6.07) is 5.46. The first-order valence-electron chi connectivity index (χ1n) is 9.10. The van der Waals surface area contributed by atoms with Crippen LogP contribution in [-0.4, -0.2) is 37.7 Å². The van der Waals surface area contributed by atoms with Gasteiger partial charge in [0, 0.05) is 41.8 Å². The van der Waals surface area contributed by atoms with E-state index in [1.807, 2.05) is 6.07 Å². The van der Waals surface area contributed by atoms with Crippen LogP contribution in [0.5, 0.6) is 0 Å². The predicted molar refractivity (Wildman–Crippen MR) is 110 cm³/mol. The van der Waals surface area contributed by atoms with Gasteiger partial charge in [-0.05, 0) is 24.6 Å². The molecule has 0 unspecified atom stereocenters. The second kappa shape index (κ2) is 9.09. The Kier molecular flexibility index (Phi) is 6.32. The van der Waals surface area contributed by atoms with E-state index in [-0.39, 0.29) is 0 Å². The molecule has 8 nitrogen and oxygen atoms in total. The average Bonchev–Trinajstić information content (AvgIpc) is 3.11. The van der Waals surface area contributed by atoms with Crippen LogP contribution in [0.25, 0.3) is 28.1 Å². The molecule has 154 valence electrons. The number of nitrogens with zero attached hydrogens (tertiary/aromatic N) is 6. The third kappa shape index (κ3) is 4.75. The minimum atomic E-state index is -2.56. The van der Waals surface area contributed by atoms with E-state index in [0.717, 1.165) is 5.57 Å². The molecule has 30 heavy (non-hydrogen) atoms. The quantitative estimate of drug-likeness (QED) is 0.545. The van der Waals surface area contributed by atoms with Crippen molar-refractivity contribution >= 4 is 17.3 Å². The first-order valence-corrected chi connectivity index (χ1v) is 9.10. The molecule has 0 aliphatic carbocycles. The molecule has 0 saturated carbocycles. The van der Waals surface area contributed by atoms with Crippen LogP contribution in [0.3, 0.4) is 0 Å². The van der Waals surface area contributed by atoms with Crippen LogP contribution in [0.1, 0.15) is 18.9 Å². The van der Waals surface area contributed by atoms with E-state index >= 15 is 0 Å². The molecule has 3 N–H and O–H groups in total. The standard InChI is InChI=1S/C20H20F2N8/c1-12(2)14-8-13(9-27-19(14)24)18-15(10-30(29-18)11-17(21)22)16-4-7-26-20(28-16)25-6-3-5-23/h4,7-10,17H,1,3,6,11H2,2H3,(H2,24,27)(H,25,26,28). The molecular formula is C20H20F2N8. The Morgan fingerprint density at radius 3 is 2.90 bits per heavy atom. The molecule has 0 bridgehead atoms. The average molecular weight is 410 g/mol. The van der Waals surface area contributed by atoms with E-state index < -0.39 is 13.0 Å². The summed E-state index contributed by atoms with van der Waals surface area (Å²) in [5, 5.41) is 16.0. The number of halogens is 2. The molecule has 3 rings (SSSR count). The molecule has 0 fully saturated rings. The zero-order valence-electron chi connectivity index (χ0n) is 16.3. The Balaban J connectivity index is 2.08. The summed E-state index contributed by atoms with van der Waals surface area (Å²) in [6.45, 7) is 5.54. The van der Waals surface area contributed by atoms with Gasteiger partial charge in [-0.2, -0.15) is 10.4 Å². The van der Waals surface area contributed by atoms with Crippen molar-refractivity contribution in [2.24, 2.45) is 0 Å². The van der Waals surface area contributed by atoms with Crippen molar-refractivity contribution in [3.63, 3.8) is 0 Å². The lowest BCUT2D eigenvalue weighted by Crippen LogP contribution is -2.06. The maximum Gasteiger partial charge on any atom is 0.257 e. The monoisotopic (exact) mass is 410 g/mol. The smallest absolute Gasteiger partial charge is 0.257 e. The molecule has 0 atom stereocenters. The second-order valence-corrected chi connectivity index (χ2v) is 6.54. The number of rotatable bonds is 8. The molecule has 0 amide bonds. The minimum Gasteiger partial charge on any atom is -0.383 e. The van der Waals surface area contributed by atoms with Crippen molar-refractivity contribution in [2.75, 3.05) is 17.6 Å². The number of hydrogen-bond acceptors (Lipinski definition) is 7. The Hall–Kier alpha value is -3.87. The maximum atomic E-state index is 13.0. The zero-order valence-corrected chi connectivity index (χ0v) is 16.3. The van der Waals surface area contributed by atoms with Crippen LogP contribution in [0, 0.1) is 11.3 Å². The van der Waals surface area contributed by atoms with Gasteiger partial charge in [0.2, 0.25) is 5.95 Å². The summed E-state index contributed by atoms with van der Waals surface area (Å²) >= 11 is 0. The lowest BCUT2D eigenvalue weighted by molar-refractivity contribution is 0.122. The third-order valence-electron chi connectivity index (χ3n) is 4.19. The number of nitrogens with two attached hydrogens (primary N) is 1. The van der Waals surface area contributed by atoms with Gasteiger partial charge in [-0.1, -0.05) is 6.58 Å². The van der Waals surface area contributed by atoms with E-state index in [4.69, 9.17) is 11.0 Å². The number of nitrogen functional groups attached to an aromatic ring is 1. The van der Waals surface area contributed by atoms with Crippen molar-refractivity contribution in [1.29, 1.82) is 5.26 Å². The normalized spacial score (nSPS) is 10.8. The summed E-state index contributed by atoms with van der Waals surface area (Å²) in [5.41, 5.74) is 9.37. The van der Waals surface area contributed by atoms with Crippen LogP contribution in [0.15, 0.2) is 37.3 Å². The van der Waals surface area contributed by atoms with Crippen LogP contribution in [-0.2, 0) is 6.54 Å². The number of allylic oxidation sites excluding steroid dienone is 1. The van der Waals surface area contributed by atoms with E-state index in [1.54, 1.807) is 25.3 Å². The lowest BCUT2D eigenvalue weighted by atomic mass is 10.0. The number of pyridine rings is 1. The van der Waals surface area contributed by atoms with Gasteiger partial charge in [-0.25, -0.2) is 23.7 Å². The highest BCUT2D eigenvalue weighted by atomic mass is 19.3. The van der Waals surface area contributed by atoms with Crippen molar-refractivity contribution in [2.45, 2.75) is 26.3 Å². The number of aromatic nitrogens is 5. The van der Waals surface area contributed by atoms with Gasteiger partial charge in [0.1, 0.15) is 18.1 Å². The van der Waals surface area contributed by atoms with Crippen LogP contribution < -0.4 is 11.1 Å². The fourth-order valence-electron chi connectivity index (χ4n) is 2.83. The third-order valence-corrected chi connectivity index (χ3v) is 4.19. The highest BCUT2D eigenvalue weighted by molar-refractivity contribution is 5.82. The largest absolute Gasteiger partial charge is 0.383 e. The fraction of sp³-hybridized carbons (Fsp3) is 0.250. The summed E-state index contributed by atoms with van der Waals surface area (Å²) in [4.78, 5) is 12.8. The molecule has 3 aromatic rings. The Morgan fingerprint density at radius 1 is 1.40 bits per heavy atom. The van der Waals surface area contributed by atoms with Crippen LogP contribution in [0.2, 0.25) is 0 Å². The number of anilines is 2. The van der Waals surface area contributed by atoms with Crippen molar-refractivity contribution < 1.29 is 8.78 Å². The molecule has 3 heterocycles. The van der Waals surface area contributed by atoms with Gasteiger partial charge in [0.05, 0.1) is 18.2 Å². The minimum absolute atomic E-state index is 0.298. The highest BCUT2D eigenvalue weighted by Crippen LogP contribution is 2.32. The zero-order chi connectivity index (χ0) is 21.7. The SMILES string of the molecule is C=C(C)c1cc(-c2nn(CC(F)F)cc2-c2ccnc(NCCC#N)n2)cnc1N. The number of nitriles is 1. The Bertz CT molecular complexity index is 1100.